The van der Waals surface area contributed by atoms with Crippen molar-refractivity contribution < 1.29 is 4.79 Å². The molecule has 2 aromatic heterocycles. The van der Waals surface area contributed by atoms with Gasteiger partial charge in [0.15, 0.2) is 0 Å². The van der Waals surface area contributed by atoms with Crippen molar-refractivity contribution >= 4 is 28.1 Å². The van der Waals surface area contributed by atoms with Gasteiger partial charge in [-0.25, -0.2) is 4.98 Å². The van der Waals surface area contributed by atoms with Crippen LogP contribution in [0.3, 0.4) is 0 Å². The SMILES string of the molecule is Cc1ncc(CN(C)C(=O)c2cccc3ccc(=O)[nH]c23)s1. The maximum absolute atomic E-state index is 12.7. The average Bonchev–Trinajstić information content (AvgIpc) is 2.91. The number of aromatic nitrogens is 2. The number of para-hydroxylation sites is 1. The van der Waals surface area contributed by atoms with E-state index in [0.717, 1.165) is 15.3 Å². The molecule has 3 rings (SSSR count). The Bertz CT molecular complexity index is 898. The van der Waals surface area contributed by atoms with E-state index in [4.69, 9.17) is 0 Å². The second-order valence-electron chi connectivity index (χ2n) is 5.10. The molecule has 0 spiro atoms. The van der Waals surface area contributed by atoms with Gasteiger partial charge in [-0.05, 0) is 24.4 Å². The molecule has 22 heavy (non-hydrogen) atoms. The number of amides is 1. The van der Waals surface area contributed by atoms with Crippen LogP contribution in [0.25, 0.3) is 10.9 Å². The summed E-state index contributed by atoms with van der Waals surface area (Å²) >= 11 is 1.57. The van der Waals surface area contributed by atoms with Crippen LogP contribution in [0.2, 0.25) is 0 Å². The number of hydrogen-bond donors (Lipinski definition) is 1. The molecule has 0 bridgehead atoms. The van der Waals surface area contributed by atoms with E-state index in [2.05, 4.69) is 9.97 Å². The Labute approximate surface area is 131 Å². The van der Waals surface area contributed by atoms with Gasteiger partial charge in [0.2, 0.25) is 5.56 Å². The van der Waals surface area contributed by atoms with Gasteiger partial charge >= 0.3 is 0 Å². The number of aryl methyl sites for hydroxylation is 1. The van der Waals surface area contributed by atoms with E-state index in [1.807, 2.05) is 19.1 Å². The average molecular weight is 313 g/mol. The van der Waals surface area contributed by atoms with E-state index in [9.17, 15) is 9.59 Å². The van der Waals surface area contributed by atoms with Crippen LogP contribution in [0.4, 0.5) is 0 Å². The summed E-state index contributed by atoms with van der Waals surface area (Å²) < 4.78 is 0. The van der Waals surface area contributed by atoms with Crippen LogP contribution in [0, 0.1) is 6.92 Å². The minimum Gasteiger partial charge on any atom is -0.336 e. The zero-order valence-corrected chi connectivity index (χ0v) is 13.1. The largest absolute Gasteiger partial charge is 0.336 e. The smallest absolute Gasteiger partial charge is 0.256 e. The van der Waals surface area contributed by atoms with Crippen molar-refractivity contribution in [3.63, 3.8) is 0 Å². The Morgan fingerprint density at radius 1 is 1.32 bits per heavy atom. The lowest BCUT2D eigenvalue weighted by Gasteiger charge is -2.17. The summed E-state index contributed by atoms with van der Waals surface area (Å²) in [6, 6.07) is 8.60. The molecule has 0 fully saturated rings. The third-order valence-corrected chi connectivity index (χ3v) is 4.30. The molecule has 0 saturated heterocycles. The highest BCUT2D eigenvalue weighted by Crippen LogP contribution is 2.19. The van der Waals surface area contributed by atoms with E-state index in [-0.39, 0.29) is 11.5 Å². The fourth-order valence-electron chi connectivity index (χ4n) is 2.35. The number of hydrogen-bond acceptors (Lipinski definition) is 4. The summed E-state index contributed by atoms with van der Waals surface area (Å²) in [5.74, 6) is -0.126. The number of aromatic amines is 1. The molecular formula is C16H15N3O2S. The summed E-state index contributed by atoms with van der Waals surface area (Å²) in [5, 5.41) is 1.82. The molecule has 0 aliphatic carbocycles. The van der Waals surface area contributed by atoms with Crippen molar-refractivity contribution in [3.05, 3.63) is 62.3 Å². The summed E-state index contributed by atoms with van der Waals surface area (Å²) in [4.78, 5) is 33.8. The Morgan fingerprint density at radius 3 is 2.86 bits per heavy atom. The predicted molar refractivity (Wildman–Crippen MR) is 87.2 cm³/mol. The predicted octanol–water partition coefficient (Wildman–Crippen LogP) is 2.57. The number of fused-ring (bicyclic) bond motifs is 1. The van der Waals surface area contributed by atoms with Crippen molar-refractivity contribution in [3.8, 4) is 0 Å². The molecule has 1 aromatic carbocycles. The molecule has 5 nitrogen and oxygen atoms in total. The van der Waals surface area contributed by atoms with Crippen LogP contribution < -0.4 is 5.56 Å². The maximum Gasteiger partial charge on any atom is 0.256 e. The van der Waals surface area contributed by atoms with Crippen LogP contribution in [0.5, 0.6) is 0 Å². The molecule has 0 atom stereocenters. The van der Waals surface area contributed by atoms with Crippen LogP contribution in [-0.4, -0.2) is 27.8 Å². The molecule has 0 radical (unpaired) electrons. The van der Waals surface area contributed by atoms with Gasteiger partial charge in [0.05, 0.1) is 22.6 Å². The van der Waals surface area contributed by atoms with Crippen LogP contribution in [0.1, 0.15) is 20.2 Å². The number of carbonyl (C=O) groups excluding carboxylic acids is 1. The van der Waals surface area contributed by atoms with Gasteiger partial charge in [-0.15, -0.1) is 11.3 Å². The molecule has 2 heterocycles. The first-order valence-corrected chi connectivity index (χ1v) is 7.65. The fourth-order valence-corrected chi connectivity index (χ4v) is 3.20. The number of rotatable bonds is 3. The van der Waals surface area contributed by atoms with Crippen molar-refractivity contribution in [2.45, 2.75) is 13.5 Å². The highest BCUT2D eigenvalue weighted by Gasteiger charge is 2.16. The Morgan fingerprint density at radius 2 is 2.14 bits per heavy atom. The van der Waals surface area contributed by atoms with Crippen molar-refractivity contribution in [1.29, 1.82) is 0 Å². The van der Waals surface area contributed by atoms with Crippen LogP contribution >= 0.6 is 11.3 Å². The van der Waals surface area contributed by atoms with Crippen molar-refractivity contribution in [2.75, 3.05) is 7.05 Å². The number of nitrogens with one attached hydrogen (secondary N) is 1. The molecular weight excluding hydrogens is 298 g/mol. The minimum absolute atomic E-state index is 0.126. The Kier molecular flexibility index (Phi) is 3.77. The van der Waals surface area contributed by atoms with Crippen molar-refractivity contribution in [1.82, 2.24) is 14.9 Å². The topological polar surface area (TPSA) is 66.1 Å². The molecule has 1 amide bonds. The van der Waals surface area contributed by atoms with E-state index in [0.29, 0.717) is 17.6 Å². The molecule has 0 unspecified atom stereocenters. The van der Waals surface area contributed by atoms with Gasteiger partial charge in [-0.1, -0.05) is 12.1 Å². The van der Waals surface area contributed by atoms with Crippen LogP contribution in [0.15, 0.2) is 41.3 Å². The highest BCUT2D eigenvalue weighted by atomic mass is 32.1. The zero-order chi connectivity index (χ0) is 15.7. The molecule has 112 valence electrons. The van der Waals surface area contributed by atoms with Crippen molar-refractivity contribution in [2.24, 2.45) is 0 Å². The fraction of sp³-hybridized carbons (Fsp3) is 0.188. The molecule has 0 aliphatic rings. The summed E-state index contributed by atoms with van der Waals surface area (Å²) in [6.07, 6.45) is 1.79. The molecule has 3 aromatic rings. The molecule has 0 saturated carbocycles. The molecule has 1 N–H and O–H groups in total. The second-order valence-corrected chi connectivity index (χ2v) is 6.42. The molecule has 6 heteroatoms. The van der Waals surface area contributed by atoms with E-state index in [1.165, 1.54) is 6.07 Å². The lowest BCUT2D eigenvalue weighted by atomic mass is 10.1. The van der Waals surface area contributed by atoms with E-state index in [1.54, 1.807) is 41.6 Å². The van der Waals surface area contributed by atoms with Gasteiger partial charge in [0.25, 0.3) is 5.91 Å². The first kappa shape index (κ1) is 14.5. The normalized spacial score (nSPS) is 10.8. The standard InChI is InChI=1S/C16H15N3O2S/c1-10-17-8-12(22-10)9-19(2)16(21)13-5-3-4-11-6-7-14(20)18-15(11)13/h3-8H,9H2,1-2H3,(H,18,20). The third-order valence-electron chi connectivity index (χ3n) is 3.40. The van der Waals surface area contributed by atoms with Gasteiger partial charge in [-0.2, -0.15) is 0 Å². The Hall–Kier alpha value is -2.47. The van der Waals surface area contributed by atoms with Gasteiger partial charge in [0, 0.05) is 24.2 Å². The highest BCUT2D eigenvalue weighted by molar-refractivity contribution is 7.11. The van der Waals surface area contributed by atoms with Gasteiger partial charge in [-0.3, -0.25) is 9.59 Å². The lowest BCUT2D eigenvalue weighted by molar-refractivity contribution is 0.0788. The number of H-pyrrole nitrogens is 1. The first-order chi connectivity index (χ1) is 10.5. The van der Waals surface area contributed by atoms with Crippen LogP contribution in [-0.2, 0) is 6.54 Å². The number of carbonyl (C=O) groups is 1. The quantitative estimate of drug-likeness (QED) is 0.808. The zero-order valence-electron chi connectivity index (χ0n) is 12.3. The Balaban J connectivity index is 1.94. The van der Waals surface area contributed by atoms with Gasteiger partial charge in [0.1, 0.15) is 0 Å². The monoisotopic (exact) mass is 313 g/mol. The van der Waals surface area contributed by atoms with E-state index < -0.39 is 0 Å². The number of thiazole rings is 1. The number of nitrogens with zero attached hydrogens (tertiary/aromatic N) is 2. The second kappa shape index (κ2) is 5.73. The third kappa shape index (κ3) is 2.78. The maximum atomic E-state index is 12.7. The first-order valence-electron chi connectivity index (χ1n) is 6.83. The number of pyridine rings is 1. The lowest BCUT2D eigenvalue weighted by Crippen LogP contribution is -2.26. The van der Waals surface area contributed by atoms with Gasteiger partial charge < -0.3 is 9.88 Å². The summed E-state index contributed by atoms with van der Waals surface area (Å²) in [7, 11) is 1.75. The summed E-state index contributed by atoms with van der Waals surface area (Å²) in [5.41, 5.74) is 0.861. The van der Waals surface area contributed by atoms with E-state index >= 15 is 0 Å². The molecule has 0 aliphatic heterocycles. The minimum atomic E-state index is -0.214. The number of benzene rings is 1. The summed E-state index contributed by atoms with van der Waals surface area (Å²) in [6.45, 7) is 2.43.